The zero-order valence-electron chi connectivity index (χ0n) is 16.2. The summed E-state index contributed by atoms with van der Waals surface area (Å²) in [6.07, 6.45) is 12.9. The maximum Gasteiger partial charge on any atom is 0.103 e. The Hall–Kier alpha value is -3.16. The molecular weight excluding hydrogens is 386 g/mol. The number of rotatable bonds is 6. The van der Waals surface area contributed by atoms with E-state index in [1.54, 1.807) is 42.1 Å². The molecule has 4 heterocycles. The third-order valence-electron chi connectivity index (χ3n) is 5.08. The average molecular weight is 408 g/mol. The van der Waals surface area contributed by atoms with Crippen LogP contribution >= 0.6 is 11.9 Å². The number of allylic oxidation sites excluding steroid dienone is 1. The molecule has 29 heavy (non-hydrogen) atoms. The van der Waals surface area contributed by atoms with Crippen LogP contribution in [0.15, 0.2) is 42.0 Å². The molecule has 0 bridgehead atoms. The molecule has 0 radical (unpaired) electrons. The van der Waals surface area contributed by atoms with Gasteiger partial charge in [0.25, 0.3) is 0 Å². The highest BCUT2D eigenvalue weighted by molar-refractivity contribution is 7.96. The van der Waals surface area contributed by atoms with Gasteiger partial charge in [0.2, 0.25) is 0 Å². The van der Waals surface area contributed by atoms with E-state index < -0.39 is 0 Å². The highest BCUT2D eigenvalue weighted by Crippen LogP contribution is 2.36. The van der Waals surface area contributed by atoms with Crippen molar-refractivity contribution in [3.63, 3.8) is 0 Å². The quantitative estimate of drug-likeness (QED) is 0.489. The SMILES string of the molecule is CN=CC(=CN)c1cn2nccc2c(-c2cnn(C3(CC#N)CN(SC)C3)c2)n1. The summed E-state index contributed by atoms with van der Waals surface area (Å²) in [6.45, 7) is 1.57. The van der Waals surface area contributed by atoms with Crippen LogP contribution in [0.1, 0.15) is 12.1 Å². The van der Waals surface area contributed by atoms with Gasteiger partial charge >= 0.3 is 0 Å². The highest BCUT2D eigenvalue weighted by Gasteiger charge is 2.45. The molecule has 1 fully saturated rings. The molecule has 0 amide bonds. The number of nitrogens with two attached hydrogens (primary N) is 1. The van der Waals surface area contributed by atoms with Gasteiger partial charge in [-0.1, -0.05) is 11.9 Å². The van der Waals surface area contributed by atoms with Crippen molar-refractivity contribution in [1.29, 1.82) is 5.26 Å². The van der Waals surface area contributed by atoms with Crippen molar-refractivity contribution in [2.24, 2.45) is 10.7 Å². The molecule has 1 aliphatic heterocycles. The molecule has 0 spiro atoms. The van der Waals surface area contributed by atoms with Crippen molar-refractivity contribution in [2.45, 2.75) is 12.0 Å². The molecule has 0 aliphatic carbocycles. The number of hydrogen-bond acceptors (Lipinski definition) is 8. The van der Waals surface area contributed by atoms with Crippen LogP contribution in [0.2, 0.25) is 0 Å². The molecule has 10 heteroatoms. The first-order valence-electron chi connectivity index (χ1n) is 9.04. The molecule has 0 saturated carbocycles. The van der Waals surface area contributed by atoms with Crippen molar-refractivity contribution < 1.29 is 0 Å². The van der Waals surface area contributed by atoms with Gasteiger partial charge in [-0.05, 0) is 12.3 Å². The minimum absolute atomic E-state index is 0.304. The molecule has 4 rings (SSSR count). The van der Waals surface area contributed by atoms with Gasteiger partial charge in [0.1, 0.15) is 5.54 Å². The van der Waals surface area contributed by atoms with Crippen molar-refractivity contribution >= 4 is 29.3 Å². The Morgan fingerprint density at radius 2 is 2.24 bits per heavy atom. The van der Waals surface area contributed by atoms with Crippen molar-refractivity contribution in [2.75, 3.05) is 26.4 Å². The minimum atomic E-state index is -0.304. The standard InChI is InChI=1S/C19H21N9S/c1-22-8-14(7-21)16-11-27-17(3-6-23-27)18(25-16)15-9-24-28(10-15)19(4-5-20)12-26(13-19)29-2/h3,6-11H,4,12-13,21H2,1-2H3. The number of nitriles is 1. The number of aromatic nitrogens is 5. The Labute approximate surface area is 172 Å². The van der Waals surface area contributed by atoms with Gasteiger partial charge in [-0.2, -0.15) is 15.5 Å². The highest BCUT2D eigenvalue weighted by atomic mass is 32.2. The zero-order chi connectivity index (χ0) is 20.4. The second-order valence-corrected chi connectivity index (χ2v) is 7.74. The van der Waals surface area contributed by atoms with Gasteiger partial charge in [0.15, 0.2) is 0 Å². The number of aliphatic imine (C=N–C) groups is 1. The first-order chi connectivity index (χ1) is 14.1. The fraction of sp³-hybridized carbons (Fsp3) is 0.316. The second kappa shape index (κ2) is 7.69. The van der Waals surface area contributed by atoms with E-state index in [2.05, 4.69) is 25.6 Å². The van der Waals surface area contributed by atoms with Crippen LogP contribution in [0.3, 0.4) is 0 Å². The van der Waals surface area contributed by atoms with Gasteiger partial charge < -0.3 is 5.73 Å². The predicted octanol–water partition coefficient (Wildman–Crippen LogP) is 1.80. The van der Waals surface area contributed by atoms with E-state index in [4.69, 9.17) is 10.7 Å². The smallest absolute Gasteiger partial charge is 0.103 e. The summed E-state index contributed by atoms with van der Waals surface area (Å²) in [4.78, 5) is 8.86. The number of fused-ring (bicyclic) bond motifs is 1. The molecule has 148 valence electrons. The van der Waals surface area contributed by atoms with E-state index in [9.17, 15) is 5.26 Å². The lowest BCUT2D eigenvalue weighted by Crippen LogP contribution is -2.59. The summed E-state index contributed by atoms with van der Waals surface area (Å²) < 4.78 is 5.90. The summed E-state index contributed by atoms with van der Waals surface area (Å²) in [5, 5.41) is 18.3. The first-order valence-corrected chi connectivity index (χ1v) is 10.2. The van der Waals surface area contributed by atoms with Crippen molar-refractivity contribution in [3.8, 4) is 17.3 Å². The van der Waals surface area contributed by atoms with E-state index in [0.29, 0.717) is 17.7 Å². The molecule has 2 N–H and O–H groups in total. The molecule has 0 unspecified atom stereocenters. The van der Waals surface area contributed by atoms with Gasteiger partial charge in [0.05, 0.1) is 48.0 Å². The summed E-state index contributed by atoms with van der Waals surface area (Å²) in [7, 11) is 1.69. The monoisotopic (exact) mass is 407 g/mol. The molecule has 0 atom stereocenters. The third kappa shape index (κ3) is 3.28. The van der Waals surface area contributed by atoms with E-state index in [0.717, 1.165) is 29.9 Å². The Kier molecular flexibility index (Phi) is 5.08. The predicted molar refractivity (Wildman–Crippen MR) is 114 cm³/mol. The third-order valence-corrected chi connectivity index (χ3v) is 5.86. The average Bonchev–Trinajstić information content (AvgIpc) is 3.37. The van der Waals surface area contributed by atoms with Crippen molar-refractivity contribution in [1.82, 2.24) is 28.7 Å². The topological polar surface area (TPSA) is 113 Å². The molecule has 3 aromatic rings. The largest absolute Gasteiger partial charge is 0.404 e. The normalized spacial score (nSPS) is 16.9. The lowest BCUT2D eigenvalue weighted by molar-refractivity contribution is 0.0815. The Morgan fingerprint density at radius 1 is 1.41 bits per heavy atom. The summed E-state index contributed by atoms with van der Waals surface area (Å²) >= 11 is 1.68. The van der Waals surface area contributed by atoms with Crippen LogP contribution in [0.25, 0.3) is 22.3 Å². The van der Waals surface area contributed by atoms with Gasteiger partial charge in [-0.3, -0.25) is 9.67 Å². The number of hydrogen-bond donors (Lipinski definition) is 1. The lowest BCUT2D eigenvalue weighted by atomic mass is 9.89. The first kappa shape index (κ1) is 19.2. The molecule has 0 aromatic carbocycles. The van der Waals surface area contributed by atoms with E-state index in [-0.39, 0.29) is 5.54 Å². The van der Waals surface area contributed by atoms with Crippen molar-refractivity contribution in [3.05, 3.63) is 42.7 Å². The van der Waals surface area contributed by atoms with E-state index in [1.165, 1.54) is 6.20 Å². The van der Waals surface area contributed by atoms with Crippen LogP contribution in [0.5, 0.6) is 0 Å². The zero-order valence-corrected chi connectivity index (χ0v) is 17.0. The summed E-state index contributed by atoms with van der Waals surface area (Å²) in [5.41, 5.74) is 9.32. The Morgan fingerprint density at radius 3 is 2.93 bits per heavy atom. The van der Waals surface area contributed by atoms with E-state index in [1.807, 2.05) is 29.4 Å². The van der Waals surface area contributed by atoms with Crippen LogP contribution in [0, 0.1) is 11.3 Å². The fourth-order valence-electron chi connectivity index (χ4n) is 3.54. The molecule has 3 aromatic heterocycles. The Balaban J connectivity index is 1.78. The second-order valence-electron chi connectivity index (χ2n) is 6.86. The molecule has 9 nitrogen and oxygen atoms in total. The lowest BCUT2D eigenvalue weighted by Gasteiger charge is -2.47. The van der Waals surface area contributed by atoms with Gasteiger partial charge in [0, 0.05) is 49.9 Å². The van der Waals surface area contributed by atoms with Crippen LogP contribution < -0.4 is 5.73 Å². The maximum absolute atomic E-state index is 9.33. The van der Waals surface area contributed by atoms with Gasteiger partial charge in [-0.25, -0.2) is 13.8 Å². The maximum atomic E-state index is 9.33. The Bertz CT molecular complexity index is 1130. The van der Waals surface area contributed by atoms with Crippen LogP contribution in [0.4, 0.5) is 0 Å². The number of nitrogens with zero attached hydrogens (tertiary/aromatic N) is 8. The molecule has 1 saturated heterocycles. The summed E-state index contributed by atoms with van der Waals surface area (Å²) in [6, 6.07) is 4.22. The molecule has 1 aliphatic rings. The van der Waals surface area contributed by atoms with Gasteiger partial charge in [-0.15, -0.1) is 0 Å². The summed E-state index contributed by atoms with van der Waals surface area (Å²) in [5.74, 6) is 0. The van der Waals surface area contributed by atoms with Crippen LogP contribution in [-0.2, 0) is 5.54 Å². The van der Waals surface area contributed by atoms with E-state index >= 15 is 0 Å². The fourth-order valence-corrected chi connectivity index (χ4v) is 4.28. The molecular formula is C19H21N9S. The van der Waals surface area contributed by atoms with Crippen LogP contribution in [-0.4, -0.2) is 61.3 Å². The minimum Gasteiger partial charge on any atom is -0.404 e.